The molecule has 0 amide bonds. The summed E-state index contributed by atoms with van der Waals surface area (Å²) in [5.74, 6) is 1.60. The number of aromatic carboxylic acids is 1. The molecule has 1 saturated carbocycles. The van der Waals surface area contributed by atoms with E-state index in [1.165, 1.54) is 34.1 Å². The second kappa shape index (κ2) is 7.59. The van der Waals surface area contributed by atoms with Gasteiger partial charge in [0.1, 0.15) is 5.75 Å². The molecule has 6 nitrogen and oxygen atoms in total. The van der Waals surface area contributed by atoms with Gasteiger partial charge in [-0.15, -0.1) is 0 Å². The third kappa shape index (κ3) is 3.19. The molecule has 2 N–H and O–H groups in total. The fourth-order valence-corrected chi connectivity index (χ4v) is 6.98. The lowest BCUT2D eigenvalue weighted by atomic mass is 9.93. The topological polar surface area (TPSA) is 68.8 Å². The number of piperidine rings is 1. The first kappa shape index (κ1) is 21.7. The van der Waals surface area contributed by atoms with Crippen LogP contribution in [0, 0.1) is 24.2 Å². The summed E-state index contributed by atoms with van der Waals surface area (Å²) >= 11 is 0. The molecule has 0 spiro atoms. The molecule has 2 saturated heterocycles. The molecule has 3 heterocycles. The maximum absolute atomic E-state index is 11.4. The van der Waals surface area contributed by atoms with Crippen LogP contribution in [0.3, 0.4) is 0 Å². The largest absolute Gasteiger partial charge is 0.496 e. The zero-order valence-electron chi connectivity index (χ0n) is 20.3. The molecule has 3 aromatic rings. The van der Waals surface area contributed by atoms with Crippen LogP contribution in [0.15, 0.2) is 42.6 Å². The van der Waals surface area contributed by atoms with Crippen molar-refractivity contribution in [3.05, 3.63) is 64.8 Å². The van der Waals surface area contributed by atoms with E-state index in [1.807, 2.05) is 18.3 Å². The smallest absolute Gasteiger partial charge is 0.335 e. The lowest BCUT2D eigenvalue weighted by molar-refractivity contribution is 0.0209. The molecule has 0 unspecified atom stereocenters. The lowest BCUT2D eigenvalue weighted by Crippen LogP contribution is -2.54. The Morgan fingerprint density at radius 3 is 2.65 bits per heavy atom. The van der Waals surface area contributed by atoms with Gasteiger partial charge in [0.05, 0.1) is 12.7 Å². The number of aromatic amines is 1. The predicted molar refractivity (Wildman–Crippen MR) is 132 cm³/mol. The zero-order chi connectivity index (χ0) is 23.8. The number of fused-ring (bicyclic) bond motifs is 4. The Morgan fingerprint density at radius 1 is 1.18 bits per heavy atom. The van der Waals surface area contributed by atoms with Crippen molar-refractivity contribution in [3.63, 3.8) is 0 Å². The van der Waals surface area contributed by atoms with Crippen LogP contribution in [-0.4, -0.2) is 58.6 Å². The number of H-pyrrole nitrogens is 1. The van der Waals surface area contributed by atoms with Crippen molar-refractivity contribution >= 4 is 16.9 Å². The second-order valence-electron chi connectivity index (χ2n) is 11.0. The summed E-state index contributed by atoms with van der Waals surface area (Å²) in [5, 5.41) is 10.6. The van der Waals surface area contributed by atoms with Gasteiger partial charge in [-0.2, -0.15) is 0 Å². The summed E-state index contributed by atoms with van der Waals surface area (Å²) in [6.45, 7) is 10.9. The van der Waals surface area contributed by atoms with Gasteiger partial charge in [-0.05, 0) is 59.6 Å². The fourth-order valence-electron chi connectivity index (χ4n) is 6.98. The molecule has 4 atom stereocenters. The Hall–Kier alpha value is -2.83. The van der Waals surface area contributed by atoms with E-state index >= 15 is 0 Å². The second-order valence-corrected chi connectivity index (χ2v) is 11.0. The molecule has 178 valence electrons. The Labute approximate surface area is 200 Å². The van der Waals surface area contributed by atoms with Crippen LogP contribution >= 0.6 is 0 Å². The summed E-state index contributed by atoms with van der Waals surface area (Å²) in [6.07, 6.45) is 2.01. The average molecular weight is 460 g/mol. The summed E-state index contributed by atoms with van der Waals surface area (Å²) in [7, 11) is 1.76. The number of carbonyl (C=O) groups is 1. The van der Waals surface area contributed by atoms with Gasteiger partial charge in [-0.3, -0.25) is 9.80 Å². The first-order valence-electron chi connectivity index (χ1n) is 12.2. The molecule has 6 heteroatoms. The number of aromatic nitrogens is 1. The number of nitrogens with zero attached hydrogens (tertiary/aromatic N) is 2. The number of rotatable bonds is 5. The molecular weight excluding hydrogens is 426 g/mol. The number of hydrogen-bond donors (Lipinski definition) is 2. The molecule has 3 fully saturated rings. The molecule has 34 heavy (non-hydrogen) atoms. The van der Waals surface area contributed by atoms with Gasteiger partial charge in [0.25, 0.3) is 0 Å². The van der Waals surface area contributed by atoms with Crippen molar-refractivity contribution < 1.29 is 14.6 Å². The highest BCUT2D eigenvalue weighted by atomic mass is 16.5. The summed E-state index contributed by atoms with van der Waals surface area (Å²) in [4.78, 5) is 20.1. The molecule has 1 aromatic heterocycles. The van der Waals surface area contributed by atoms with E-state index in [9.17, 15) is 9.90 Å². The maximum atomic E-state index is 11.4. The molecule has 2 aromatic carbocycles. The highest BCUT2D eigenvalue weighted by Gasteiger charge is 2.67. The lowest BCUT2D eigenvalue weighted by Gasteiger charge is -2.46. The normalized spacial score (nSPS) is 28.0. The molecule has 2 aliphatic heterocycles. The molecule has 1 aliphatic carbocycles. The first-order valence-corrected chi connectivity index (χ1v) is 12.2. The number of benzene rings is 2. The Bertz CT molecular complexity index is 1260. The van der Waals surface area contributed by atoms with E-state index in [2.05, 4.69) is 47.7 Å². The molecule has 0 bridgehead atoms. The SMILES string of the molecule is COc1cc(C)c2[nH]ccc2c1CN1C[C@@H]2[C@H]3[C@@H](CN2C[C@@H]1c1ccc(C(=O)O)cc1)C3(C)C. The van der Waals surface area contributed by atoms with Crippen molar-refractivity contribution in [2.24, 2.45) is 17.3 Å². The number of carboxylic acids is 1. The average Bonchev–Trinajstić information content (AvgIpc) is 3.22. The van der Waals surface area contributed by atoms with Crippen LogP contribution in [0.4, 0.5) is 0 Å². The van der Waals surface area contributed by atoms with E-state index in [-0.39, 0.29) is 6.04 Å². The minimum atomic E-state index is -0.881. The third-order valence-corrected chi connectivity index (χ3v) is 8.96. The Kier molecular flexibility index (Phi) is 4.84. The summed E-state index contributed by atoms with van der Waals surface area (Å²) in [6, 6.07) is 12.6. The number of ether oxygens (including phenoxy) is 1. The van der Waals surface area contributed by atoms with Crippen LogP contribution in [0.1, 0.15) is 46.9 Å². The number of nitrogens with one attached hydrogen (secondary N) is 1. The number of piperazine rings is 1. The molecular formula is C28H33N3O3. The Morgan fingerprint density at radius 2 is 1.94 bits per heavy atom. The van der Waals surface area contributed by atoms with E-state index in [1.54, 1.807) is 19.2 Å². The van der Waals surface area contributed by atoms with Gasteiger partial charge in [0.15, 0.2) is 0 Å². The number of hydrogen-bond acceptors (Lipinski definition) is 4. The van der Waals surface area contributed by atoms with Crippen LogP contribution in [0.5, 0.6) is 5.75 Å². The minimum Gasteiger partial charge on any atom is -0.496 e. The van der Waals surface area contributed by atoms with Crippen LogP contribution in [0.2, 0.25) is 0 Å². The molecule has 0 radical (unpaired) electrons. The van der Waals surface area contributed by atoms with Gasteiger partial charge in [0.2, 0.25) is 0 Å². The third-order valence-electron chi connectivity index (χ3n) is 8.96. The van der Waals surface area contributed by atoms with E-state index in [0.29, 0.717) is 17.0 Å². The van der Waals surface area contributed by atoms with Gasteiger partial charge in [-0.1, -0.05) is 26.0 Å². The number of carboxylic acid groups (broad SMARTS) is 1. The van der Waals surface area contributed by atoms with E-state index < -0.39 is 5.97 Å². The van der Waals surface area contributed by atoms with Crippen molar-refractivity contribution in [2.45, 2.75) is 39.4 Å². The number of methoxy groups -OCH3 is 1. The zero-order valence-corrected chi connectivity index (χ0v) is 20.3. The van der Waals surface area contributed by atoms with E-state index in [0.717, 1.165) is 37.2 Å². The number of aryl methyl sites for hydroxylation is 1. The van der Waals surface area contributed by atoms with Crippen LogP contribution in [0.25, 0.3) is 10.9 Å². The summed E-state index contributed by atoms with van der Waals surface area (Å²) in [5.41, 5.74) is 5.53. The van der Waals surface area contributed by atoms with Crippen molar-refractivity contribution in [2.75, 3.05) is 26.7 Å². The van der Waals surface area contributed by atoms with Crippen molar-refractivity contribution in [1.82, 2.24) is 14.8 Å². The fraction of sp³-hybridized carbons (Fsp3) is 0.464. The van der Waals surface area contributed by atoms with E-state index in [4.69, 9.17) is 4.74 Å². The van der Waals surface area contributed by atoms with Gasteiger partial charge < -0.3 is 14.8 Å². The molecule has 3 aliphatic rings. The standard InChI is InChI=1S/C28H33N3O3/c1-16-11-24(34-4)20(19-9-10-29-26(16)19)12-30-15-23-25-21(28(25,2)3)13-31(23)14-22(30)17-5-7-18(8-6-17)27(32)33/h5-11,21-23,25,29H,12-15H2,1-4H3,(H,32,33)/t21-,22-,23-,25-/m1/s1. The van der Waals surface area contributed by atoms with Crippen molar-refractivity contribution in [1.29, 1.82) is 0 Å². The van der Waals surface area contributed by atoms with Crippen LogP contribution < -0.4 is 4.74 Å². The van der Waals surface area contributed by atoms with Crippen molar-refractivity contribution in [3.8, 4) is 5.75 Å². The van der Waals surface area contributed by atoms with Crippen LogP contribution in [-0.2, 0) is 6.54 Å². The first-order chi connectivity index (χ1) is 16.3. The molecule has 6 rings (SSSR count). The highest BCUT2D eigenvalue weighted by molar-refractivity contribution is 5.88. The Balaban J connectivity index is 1.38. The quantitative estimate of drug-likeness (QED) is 0.579. The highest BCUT2D eigenvalue weighted by Crippen LogP contribution is 2.65. The summed E-state index contributed by atoms with van der Waals surface area (Å²) < 4.78 is 5.86. The maximum Gasteiger partial charge on any atom is 0.335 e. The minimum absolute atomic E-state index is 0.208. The predicted octanol–water partition coefficient (Wildman–Crippen LogP) is 4.70. The monoisotopic (exact) mass is 459 g/mol. The van der Waals surface area contributed by atoms with Gasteiger partial charge >= 0.3 is 5.97 Å². The van der Waals surface area contributed by atoms with Gasteiger partial charge in [0, 0.05) is 60.9 Å². The van der Waals surface area contributed by atoms with Gasteiger partial charge in [-0.25, -0.2) is 4.79 Å².